The van der Waals surface area contributed by atoms with Crippen LogP contribution in [-0.2, 0) is 0 Å². The van der Waals surface area contributed by atoms with Gasteiger partial charge in [-0.2, -0.15) is 10.2 Å². The van der Waals surface area contributed by atoms with E-state index in [2.05, 4.69) is 31.7 Å². The Kier molecular flexibility index (Phi) is 8.68. The highest BCUT2D eigenvalue weighted by molar-refractivity contribution is 5.85. The SMILES string of the molecule is O=C(N/N=C\c1ccc(/C=N\NC(=O)NC2CCCCC2)cc1)NC1CCCCC1. The van der Waals surface area contributed by atoms with E-state index in [1.54, 1.807) is 12.4 Å². The lowest BCUT2D eigenvalue weighted by molar-refractivity contribution is 0.232. The zero-order chi connectivity index (χ0) is 21.0. The summed E-state index contributed by atoms with van der Waals surface area (Å²) in [6.45, 7) is 0. The molecule has 0 aliphatic heterocycles. The lowest BCUT2D eigenvalue weighted by Gasteiger charge is -2.22. The van der Waals surface area contributed by atoms with Gasteiger partial charge in [-0.15, -0.1) is 0 Å². The molecule has 162 valence electrons. The normalized spacial score (nSPS) is 18.4. The standard InChI is InChI=1S/C22H32N6O2/c29-21(25-19-7-3-1-4-8-19)27-23-15-17-11-13-18(14-12-17)16-24-28-22(30)26-20-9-5-2-6-10-20/h11-16,19-20H,1-10H2,(H2,25,27,29)(H2,26,28,30)/b23-15-,24-16-. The van der Waals surface area contributed by atoms with Crippen molar-refractivity contribution in [2.45, 2.75) is 76.3 Å². The molecule has 4 amide bonds. The number of urea groups is 2. The molecule has 2 aliphatic carbocycles. The Morgan fingerprint density at radius 1 is 0.667 bits per heavy atom. The molecule has 2 aliphatic rings. The van der Waals surface area contributed by atoms with Crippen molar-refractivity contribution in [1.82, 2.24) is 21.5 Å². The summed E-state index contributed by atoms with van der Waals surface area (Å²) >= 11 is 0. The van der Waals surface area contributed by atoms with Gasteiger partial charge in [0.05, 0.1) is 12.4 Å². The summed E-state index contributed by atoms with van der Waals surface area (Å²) in [5.74, 6) is 0. The lowest BCUT2D eigenvalue weighted by Crippen LogP contribution is -2.41. The lowest BCUT2D eigenvalue weighted by atomic mass is 9.96. The Morgan fingerprint density at radius 2 is 1.03 bits per heavy atom. The Bertz CT molecular complexity index is 671. The van der Waals surface area contributed by atoms with Gasteiger partial charge < -0.3 is 10.6 Å². The zero-order valence-electron chi connectivity index (χ0n) is 17.4. The van der Waals surface area contributed by atoms with Gasteiger partial charge in [0.25, 0.3) is 0 Å². The molecular weight excluding hydrogens is 380 g/mol. The monoisotopic (exact) mass is 412 g/mol. The van der Waals surface area contributed by atoms with E-state index >= 15 is 0 Å². The van der Waals surface area contributed by atoms with Gasteiger partial charge in [-0.3, -0.25) is 0 Å². The third kappa shape index (κ3) is 7.85. The predicted molar refractivity (Wildman–Crippen MR) is 119 cm³/mol. The highest BCUT2D eigenvalue weighted by Crippen LogP contribution is 2.17. The van der Waals surface area contributed by atoms with Gasteiger partial charge >= 0.3 is 12.1 Å². The zero-order valence-corrected chi connectivity index (χ0v) is 17.4. The summed E-state index contributed by atoms with van der Waals surface area (Å²) in [4.78, 5) is 23.7. The summed E-state index contributed by atoms with van der Waals surface area (Å²) in [6, 6.07) is 7.46. The summed E-state index contributed by atoms with van der Waals surface area (Å²) < 4.78 is 0. The fraction of sp³-hybridized carbons (Fsp3) is 0.545. The Balaban J connectivity index is 1.36. The van der Waals surface area contributed by atoms with E-state index in [0.717, 1.165) is 36.8 Å². The predicted octanol–water partition coefficient (Wildman–Crippen LogP) is 3.62. The number of amides is 4. The van der Waals surface area contributed by atoms with Crippen LogP contribution in [-0.4, -0.2) is 36.6 Å². The first-order chi connectivity index (χ1) is 14.7. The van der Waals surface area contributed by atoms with E-state index in [4.69, 9.17) is 0 Å². The third-order valence-electron chi connectivity index (χ3n) is 5.58. The number of carbonyl (C=O) groups is 2. The van der Waals surface area contributed by atoms with E-state index in [9.17, 15) is 9.59 Å². The van der Waals surface area contributed by atoms with Crippen molar-refractivity contribution in [2.75, 3.05) is 0 Å². The molecule has 0 atom stereocenters. The van der Waals surface area contributed by atoms with Gasteiger partial charge in [-0.25, -0.2) is 20.4 Å². The van der Waals surface area contributed by atoms with Crippen LogP contribution in [0.1, 0.15) is 75.3 Å². The molecular formula is C22H32N6O2. The Hall–Kier alpha value is -2.90. The second-order valence-corrected chi connectivity index (χ2v) is 8.02. The van der Waals surface area contributed by atoms with Crippen LogP contribution < -0.4 is 21.5 Å². The van der Waals surface area contributed by atoms with Crippen LogP contribution in [0.4, 0.5) is 9.59 Å². The first kappa shape index (κ1) is 21.8. The maximum Gasteiger partial charge on any atom is 0.335 e. The molecule has 1 aromatic carbocycles. The summed E-state index contributed by atoms with van der Waals surface area (Å²) in [5.41, 5.74) is 6.73. The third-order valence-corrected chi connectivity index (χ3v) is 5.58. The molecule has 0 radical (unpaired) electrons. The number of benzene rings is 1. The average molecular weight is 413 g/mol. The maximum atomic E-state index is 11.9. The first-order valence-electron chi connectivity index (χ1n) is 11.0. The maximum absolute atomic E-state index is 11.9. The van der Waals surface area contributed by atoms with Gasteiger partial charge in [0.1, 0.15) is 0 Å². The van der Waals surface area contributed by atoms with Crippen LogP contribution in [0.5, 0.6) is 0 Å². The van der Waals surface area contributed by atoms with E-state index in [1.807, 2.05) is 24.3 Å². The van der Waals surface area contributed by atoms with Crippen molar-refractivity contribution in [3.63, 3.8) is 0 Å². The van der Waals surface area contributed by atoms with Crippen molar-refractivity contribution < 1.29 is 9.59 Å². The number of hydrogen-bond acceptors (Lipinski definition) is 4. The van der Waals surface area contributed by atoms with E-state index in [0.29, 0.717) is 0 Å². The molecule has 4 N–H and O–H groups in total. The van der Waals surface area contributed by atoms with Gasteiger partial charge in [0, 0.05) is 12.1 Å². The van der Waals surface area contributed by atoms with Gasteiger partial charge in [-0.1, -0.05) is 62.8 Å². The fourth-order valence-corrected chi connectivity index (χ4v) is 3.93. The van der Waals surface area contributed by atoms with Gasteiger partial charge in [0.2, 0.25) is 0 Å². The highest BCUT2D eigenvalue weighted by Gasteiger charge is 2.15. The molecule has 2 saturated carbocycles. The van der Waals surface area contributed by atoms with Crippen LogP contribution in [0, 0.1) is 0 Å². The molecule has 0 bridgehead atoms. The number of nitrogens with zero attached hydrogens (tertiary/aromatic N) is 2. The van der Waals surface area contributed by atoms with Crippen molar-refractivity contribution in [3.8, 4) is 0 Å². The van der Waals surface area contributed by atoms with E-state index in [-0.39, 0.29) is 24.1 Å². The average Bonchev–Trinajstić information content (AvgIpc) is 2.76. The minimum absolute atomic E-state index is 0.255. The molecule has 30 heavy (non-hydrogen) atoms. The largest absolute Gasteiger partial charge is 0.335 e. The smallest absolute Gasteiger partial charge is 0.334 e. The summed E-state index contributed by atoms with van der Waals surface area (Å²) in [5, 5.41) is 13.9. The van der Waals surface area contributed by atoms with Gasteiger partial charge in [-0.05, 0) is 36.8 Å². The molecule has 0 aromatic heterocycles. The van der Waals surface area contributed by atoms with Crippen LogP contribution >= 0.6 is 0 Å². The Labute approximate surface area is 178 Å². The van der Waals surface area contributed by atoms with Crippen molar-refractivity contribution >= 4 is 24.5 Å². The summed E-state index contributed by atoms with van der Waals surface area (Å²) in [6.07, 6.45) is 14.5. The van der Waals surface area contributed by atoms with Crippen LogP contribution in [0.3, 0.4) is 0 Å². The summed E-state index contributed by atoms with van der Waals surface area (Å²) in [7, 11) is 0. The molecule has 0 saturated heterocycles. The molecule has 8 heteroatoms. The molecule has 8 nitrogen and oxygen atoms in total. The Morgan fingerprint density at radius 3 is 1.40 bits per heavy atom. The number of rotatable bonds is 6. The van der Waals surface area contributed by atoms with E-state index in [1.165, 1.54) is 38.5 Å². The van der Waals surface area contributed by atoms with E-state index < -0.39 is 0 Å². The number of nitrogens with one attached hydrogen (secondary N) is 4. The van der Waals surface area contributed by atoms with Crippen LogP contribution in [0.15, 0.2) is 34.5 Å². The molecule has 2 fully saturated rings. The molecule has 1 aromatic rings. The molecule has 0 heterocycles. The number of carbonyl (C=O) groups excluding carboxylic acids is 2. The number of hydrazone groups is 2. The van der Waals surface area contributed by atoms with Crippen molar-refractivity contribution in [2.24, 2.45) is 10.2 Å². The molecule has 0 unspecified atom stereocenters. The molecule has 0 spiro atoms. The first-order valence-corrected chi connectivity index (χ1v) is 11.0. The minimum atomic E-state index is -0.264. The second kappa shape index (κ2) is 11.9. The van der Waals surface area contributed by atoms with Crippen molar-refractivity contribution in [1.29, 1.82) is 0 Å². The quantitative estimate of drug-likeness (QED) is 0.423. The van der Waals surface area contributed by atoms with Crippen LogP contribution in [0.25, 0.3) is 0 Å². The van der Waals surface area contributed by atoms with Crippen LogP contribution in [0.2, 0.25) is 0 Å². The number of hydrogen-bond donors (Lipinski definition) is 4. The topological polar surface area (TPSA) is 107 Å². The molecule has 3 rings (SSSR count). The van der Waals surface area contributed by atoms with Crippen molar-refractivity contribution in [3.05, 3.63) is 35.4 Å². The second-order valence-electron chi connectivity index (χ2n) is 8.02. The minimum Gasteiger partial charge on any atom is -0.334 e. The fourth-order valence-electron chi connectivity index (χ4n) is 3.93. The van der Waals surface area contributed by atoms with Gasteiger partial charge in [0.15, 0.2) is 0 Å². The highest BCUT2D eigenvalue weighted by atomic mass is 16.2.